The number of carbonyl (C=O) groups is 2. The van der Waals surface area contributed by atoms with Crippen LogP contribution in [0, 0.1) is 12.8 Å². The fraction of sp³-hybridized carbons (Fsp3) is 0.333. The van der Waals surface area contributed by atoms with E-state index in [1.807, 2.05) is 13.0 Å². The van der Waals surface area contributed by atoms with Gasteiger partial charge in [-0.25, -0.2) is 0 Å². The van der Waals surface area contributed by atoms with Gasteiger partial charge in [-0.3, -0.25) is 9.59 Å². The number of hydrogen-bond acceptors (Lipinski definition) is 2. The van der Waals surface area contributed by atoms with Crippen molar-refractivity contribution < 1.29 is 14.7 Å². The van der Waals surface area contributed by atoms with Crippen LogP contribution >= 0.6 is 15.9 Å². The van der Waals surface area contributed by atoms with Gasteiger partial charge in [-0.15, -0.1) is 0 Å². The van der Waals surface area contributed by atoms with Gasteiger partial charge in [-0.05, 0) is 24.6 Å². The molecule has 92 valence electrons. The van der Waals surface area contributed by atoms with Crippen molar-refractivity contribution in [3.8, 4) is 0 Å². The van der Waals surface area contributed by atoms with Gasteiger partial charge in [-0.2, -0.15) is 0 Å². The van der Waals surface area contributed by atoms with Crippen LogP contribution < -0.4 is 5.32 Å². The van der Waals surface area contributed by atoms with Crippen LogP contribution in [-0.2, 0) is 4.79 Å². The molecule has 4 nitrogen and oxygen atoms in total. The van der Waals surface area contributed by atoms with E-state index in [0.717, 1.165) is 10.0 Å². The highest BCUT2D eigenvalue weighted by atomic mass is 79.9. The van der Waals surface area contributed by atoms with E-state index in [1.165, 1.54) is 0 Å². The van der Waals surface area contributed by atoms with Crippen molar-refractivity contribution in [2.24, 2.45) is 5.92 Å². The normalized spacial score (nSPS) is 11.9. The summed E-state index contributed by atoms with van der Waals surface area (Å²) in [7, 11) is 0. The van der Waals surface area contributed by atoms with E-state index in [9.17, 15) is 9.59 Å². The Morgan fingerprint density at radius 3 is 2.71 bits per heavy atom. The first kappa shape index (κ1) is 13.7. The molecule has 0 unspecified atom stereocenters. The molecule has 1 atom stereocenters. The molecule has 1 aromatic rings. The second-order valence-electron chi connectivity index (χ2n) is 3.86. The third-order valence-corrected chi connectivity index (χ3v) is 3.36. The van der Waals surface area contributed by atoms with Gasteiger partial charge in [-0.1, -0.05) is 28.9 Å². The molecular weight excluding hydrogens is 286 g/mol. The molecule has 0 aliphatic heterocycles. The Hall–Kier alpha value is -1.36. The minimum Gasteiger partial charge on any atom is -0.481 e. The summed E-state index contributed by atoms with van der Waals surface area (Å²) in [4.78, 5) is 22.4. The summed E-state index contributed by atoms with van der Waals surface area (Å²) in [5.74, 6) is -1.76. The Kier molecular flexibility index (Phi) is 4.69. The van der Waals surface area contributed by atoms with Gasteiger partial charge in [0.15, 0.2) is 0 Å². The van der Waals surface area contributed by atoms with E-state index in [0.29, 0.717) is 5.56 Å². The lowest BCUT2D eigenvalue weighted by molar-refractivity contribution is -0.140. The Balaban J connectivity index is 2.71. The average molecular weight is 300 g/mol. The Morgan fingerprint density at radius 1 is 1.47 bits per heavy atom. The van der Waals surface area contributed by atoms with Crippen LogP contribution in [0.1, 0.15) is 22.8 Å². The predicted molar refractivity (Wildman–Crippen MR) is 68.0 cm³/mol. The summed E-state index contributed by atoms with van der Waals surface area (Å²) >= 11 is 3.34. The fourth-order valence-electron chi connectivity index (χ4n) is 1.28. The lowest BCUT2D eigenvalue weighted by atomic mass is 10.1. The maximum Gasteiger partial charge on any atom is 0.308 e. The van der Waals surface area contributed by atoms with Gasteiger partial charge < -0.3 is 10.4 Å². The zero-order valence-corrected chi connectivity index (χ0v) is 11.2. The molecule has 0 saturated carbocycles. The van der Waals surface area contributed by atoms with E-state index >= 15 is 0 Å². The first-order valence-electron chi connectivity index (χ1n) is 5.19. The highest BCUT2D eigenvalue weighted by Gasteiger charge is 2.14. The SMILES string of the molecule is Cc1c(Br)cccc1C(=O)NC[C@H](C)C(=O)O. The van der Waals surface area contributed by atoms with Crippen LogP contribution in [0.3, 0.4) is 0 Å². The van der Waals surface area contributed by atoms with Crippen LogP contribution in [0.25, 0.3) is 0 Å². The minimum atomic E-state index is -0.920. The van der Waals surface area contributed by atoms with Crippen LogP contribution in [0.2, 0.25) is 0 Å². The third kappa shape index (κ3) is 3.56. The van der Waals surface area contributed by atoms with E-state index in [2.05, 4.69) is 21.2 Å². The van der Waals surface area contributed by atoms with Crippen molar-refractivity contribution in [1.29, 1.82) is 0 Å². The Bertz CT molecular complexity index is 445. The molecule has 0 aliphatic carbocycles. The predicted octanol–water partition coefficient (Wildman–Crippen LogP) is 2.21. The zero-order chi connectivity index (χ0) is 13.0. The lowest BCUT2D eigenvalue weighted by Gasteiger charge is -2.10. The summed E-state index contributed by atoms with van der Waals surface area (Å²) in [5.41, 5.74) is 1.39. The summed E-state index contributed by atoms with van der Waals surface area (Å²) < 4.78 is 0.858. The molecule has 0 aliphatic rings. The van der Waals surface area contributed by atoms with E-state index in [4.69, 9.17) is 5.11 Å². The molecule has 1 rings (SSSR count). The maximum absolute atomic E-state index is 11.8. The van der Waals surface area contributed by atoms with E-state index in [1.54, 1.807) is 19.1 Å². The van der Waals surface area contributed by atoms with Crippen molar-refractivity contribution in [3.05, 3.63) is 33.8 Å². The first-order chi connectivity index (χ1) is 7.93. The number of aliphatic carboxylic acids is 1. The van der Waals surface area contributed by atoms with Crippen molar-refractivity contribution in [3.63, 3.8) is 0 Å². The highest BCUT2D eigenvalue weighted by molar-refractivity contribution is 9.10. The highest BCUT2D eigenvalue weighted by Crippen LogP contribution is 2.19. The van der Waals surface area contributed by atoms with Crippen molar-refractivity contribution >= 4 is 27.8 Å². The number of hydrogen-bond donors (Lipinski definition) is 2. The van der Waals surface area contributed by atoms with Crippen LogP contribution in [0.4, 0.5) is 0 Å². The lowest BCUT2D eigenvalue weighted by Crippen LogP contribution is -2.31. The summed E-state index contributed by atoms with van der Waals surface area (Å²) in [6.07, 6.45) is 0. The molecule has 17 heavy (non-hydrogen) atoms. The fourth-order valence-corrected chi connectivity index (χ4v) is 1.65. The van der Waals surface area contributed by atoms with E-state index < -0.39 is 11.9 Å². The number of nitrogens with one attached hydrogen (secondary N) is 1. The van der Waals surface area contributed by atoms with Crippen molar-refractivity contribution in [1.82, 2.24) is 5.32 Å². The molecule has 0 aromatic heterocycles. The number of benzene rings is 1. The summed E-state index contributed by atoms with van der Waals surface area (Å²) in [5, 5.41) is 11.3. The number of halogens is 1. The second kappa shape index (κ2) is 5.82. The molecule has 1 aromatic carbocycles. The maximum atomic E-state index is 11.8. The molecule has 0 fully saturated rings. The van der Waals surface area contributed by atoms with Gasteiger partial charge >= 0.3 is 5.97 Å². The largest absolute Gasteiger partial charge is 0.481 e. The molecule has 0 spiro atoms. The Morgan fingerprint density at radius 2 is 2.12 bits per heavy atom. The van der Waals surface area contributed by atoms with Crippen LogP contribution in [0.5, 0.6) is 0 Å². The van der Waals surface area contributed by atoms with Crippen molar-refractivity contribution in [2.75, 3.05) is 6.54 Å². The topological polar surface area (TPSA) is 66.4 Å². The van der Waals surface area contributed by atoms with Gasteiger partial charge in [0, 0.05) is 16.6 Å². The zero-order valence-electron chi connectivity index (χ0n) is 9.66. The summed E-state index contributed by atoms with van der Waals surface area (Å²) in [6, 6.07) is 5.33. The number of carboxylic acid groups (broad SMARTS) is 1. The number of rotatable bonds is 4. The van der Waals surface area contributed by atoms with Crippen LogP contribution in [0.15, 0.2) is 22.7 Å². The number of carboxylic acids is 1. The first-order valence-corrected chi connectivity index (χ1v) is 5.99. The van der Waals surface area contributed by atoms with Gasteiger partial charge in [0.2, 0.25) is 0 Å². The number of carbonyl (C=O) groups excluding carboxylic acids is 1. The molecule has 0 bridgehead atoms. The minimum absolute atomic E-state index is 0.125. The quantitative estimate of drug-likeness (QED) is 0.896. The van der Waals surface area contributed by atoms with Gasteiger partial charge in [0.25, 0.3) is 5.91 Å². The molecule has 1 amide bonds. The smallest absolute Gasteiger partial charge is 0.308 e. The molecular formula is C12H14BrNO3. The summed E-state index contributed by atoms with van der Waals surface area (Å²) in [6.45, 7) is 3.51. The van der Waals surface area contributed by atoms with Gasteiger partial charge in [0.05, 0.1) is 5.92 Å². The molecule has 5 heteroatoms. The van der Waals surface area contributed by atoms with E-state index in [-0.39, 0.29) is 12.5 Å². The third-order valence-electron chi connectivity index (χ3n) is 2.50. The monoisotopic (exact) mass is 299 g/mol. The Labute approximate surface area is 108 Å². The number of amides is 1. The molecule has 0 heterocycles. The average Bonchev–Trinajstić information content (AvgIpc) is 2.29. The van der Waals surface area contributed by atoms with Crippen LogP contribution in [-0.4, -0.2) is 23.5 Å². The molecule has 2 N–H and O–H groups in total. The van der Waals surface area contributed by atoms with Crippen molar-refractivity contribution in [2.45, 2.75) is 13.8 Å². The molecule has 0 saturated heterocycles. The standard InChI is InChI=1S/C12H14BrNO3/c1-7(12(16)17)6-14-11(15)9-4-3-5-10(13)8(9)2/h3-5,7H,6H2,1-2H3,(H,14,15)(H,16,17)/t7-/m0/s1. The second-order valence-corrected chi connectivity index (χ2v) is 4.72. The van der Waals surface area contributed by atoms with Gasteiger partial charge in [0.1, 0.15) is 0 Å². The molecule has 0 radical (unpaired) electrons.